The second-order valence-corrected chi connectivity index (χ2v) is 12.6. The SMILES string of the molecule is CC(C(=O)O)N(C)C.CC(c1nc(-c2ccc(C#Cc3cccc(F)c3)cn2)no1)N(C)C.C[C@H](N)C(=O)O.Cl.N/C(=N\O)c1ccc(C#Cc2cccc(F)c2)cn1. The van der Waals surface area contributed by atoms with Gasteiger partial charge in [0.25, 0.3) is 0 Å². The predicted molar refractivity (Wildman–Crippen MR) is 220 cm³/mol. The van der Waals surface area contributed by atoms with E-state index in [2.05, 4.69) is 48.9 Å². The van der Waals surface area contributed by atoms with Crippen molar-refractivity contribution >= 4 is 30.2 Å². The summed E-state index contributed by atoms with van der Waals surface area (Å²) in [6.07, 6.45) is 3.13. The van der Waals surface area contributed by atoms with Crippen LogP contribution in [0.15, 0.2) is 94.9 Å². The molecule has 0 radical (unpaired) electrons. The molecule has 0 saturated carbocycles. The summed E-state index contributed by atoms with van der Waals surface area (Å²) in [4.78, 5) is 36.0. The van der Waals surface area contributed by atoms with Crippen LogP contribution in [0.1, 0.15) is 60.7 Å². The van der Waals surface area contributed by atoms with E-state index in [0.29, 0.717) is 39.8 Å². The van der Waals surface area contributed by atoms with Crippen LogP contribution in [0, 0.1) is 35.3 Å². The van der Waals surface area contributed by atoms with Crippen molar-refractivity contribution < 1.29 is 38.3 Å². The minimum atomic E-state index is -0.963. The fraction of sp³-hybridized carbons (Fsp3) is 0.244. The summed E-state index contributed by atoms with van der Waals surface area (Å²) in [5, 5.41) is 31.5. The number of nitrogens with two attached hydrogens (primary N) is 2. The van der Waals surface area contributed by atoms with E-state index in [1.54, 1.807) is 74.6 Å². The molecule has 0 fully saturated rings. The van der Waals surface area contributed by atoms with Gasteiger partial charge in [-0.3, -0.25) is 29.4 Å². The highest BCUT2D eigenvalue weighted by molar-refractivity contribution is 5.95. The first-order chi connectivity index (χ1) is 27.4. The first-order valence-electron chi connectivity index (χ1n) is 17.2. The number of oxime groups is 1. The quantitative estimate of drug-likeness (QED) is 0.0485. The molecule has 18 heteroatoms. The summed E-state index contributed by atoms with van der Waals surface area (Å²) in [5.41, 5.74) is 13.8. The number of amidine groups is 1. The fourth-order valence-electron chi connectivity index (χ4n) is 3.64. The highest BCUT2D eigenvalue weighted by atomic mass is 35.5. The number of pyridine rings is 2. The van der Waals surface area contributed by atoms with Gasteiger partial charge < -0.3 is 31.4 Å². The van der Waals surface area contributed by atoms with Gasteiger partial charge in [-0.05, 0) is 110 Å². The fourth-order valence-corrected chi connectivity index (χ4v) is 3.64. The largest absolute Gasteiger partial charge is 0.480 e. The summed E-state index contributed by atoms with van der Waals surface area (Å²) in [7, 11) is 7.36. The number of hydrogen-bond acceptors (Lipinski definition) is 12. The Balaban J connectivity index is 0.000000450. The number of likely N-dealkylation sites (N-methyl/N-ethyl adjacent to an activating group) is 1. The van der Waals surface area contributed by atoms with Gasteiger partial charge in [-0.15, -0.1) is 12.4 Å². The molecule has 3 heterocycles. The van der Waals surface area contributed by atoms with Crippen molar-refractivity contribution in [1.82, 2.24) is 29.9 Å². The predicted octanol–water partition coefficient (Wildman–Crippen LogP) is 4.87. The number of benzene rings is 2. The molecular weight excluding hydrogens is 788 g/mol. The molecule has 59 heavy (non-hydrogen) atoms. The van der Waals surface area contributed by atoms with Crippen LogP contribution in [-0.2, 0) is 9.59 Å². The maximum atomic E-state index is 13.1. The van der Waals surface area contributed by atoms with Crippen molar-refractivity contribution in [2.75, 3.05) is 28.2 Å². The van der Waals surface area contributed by atoms with Gasteiger partial charge >= 0.3 is 11.9 Å². The van der Waals surface area contributed by atoms with Gasteiger partial charge in [-0.1, -0.05) is 46.1 Å². The average molecular weight is 834 g/mol. The van der Waals surface area contributed by atoms with Crippen LogP contribution in [0.3, 0.4) is 0 Å². The Labute approximate surface area is 347 Å². The number of aliphatic carboxylic acids is 2. The van der Waals surface area contributed by atoms with Crippen molar-refractivity contribution in [3.8, 4) is 35.2 Å². The number of aromatic nitrogens is 4. The Hall–Kier alpha value is -6.76. The lowest BCUT2D eigenvalue weighted by Gasteiger charge is -2.14. The lowest BCUT2D eigenvalue weighted by atomic mass is 10.2. The van der Waals surface area contributed by atoms with Gasteiger partial charge in [0.1, 0.15) is 35.1 Å². The lowest BCUT2D eigenvalue weighted by Crippen LogP contribution is -2.32. The van der Waals surface area contributed by atoms with Crippen molar-refractivity contribution in [1.29, 1.82) is 0 Å². The third-order valence-corrected chi connectivity index (χ3v) is 7.57. The molecule has 312 valence electrons. The second-order valence-electron chi connectivity index (χ2n) is 12.6. The zero-order valence-electron chi connectivity index (χ0n) is 33.3. The van der Waals surface area contributed by atoms with Gasteiger partial charge in [0, 0.05) is 34.6 Å². The number of carbonyl (C=O) groups is 2. The smallest absolute Gasteiger partial charge is 0.320 e. The molecule has 0 aliphatic carbocycles. The Kier molecular flexibility index (Phi) is 21.7. The highest BCUT2D eigenvalue weighted by Crippen LogP contribution is 2.19. The van der Waals surface area contributed by atoms with E-state index in [4.69, 9.17) is 31.4 Å². The molecule has 2 unspecified atom stereocenters. The minimum Gasteiger partial charge on any atom is -0.480 e. The molecule has 5 rings (SSSR count). The second kappa shape index (κ2) is 25.5. The zero-order chi connectivity index (χ0) is 43.4. The Bertz CT molecular complexity index is 2250. The minimum absolute atomic E-state index is 0. The number of halogens is 3. The summed E-state index contributed by atoms with van der Waals surface area (Å²) in [6.45, 7) is 5.04. The summed E-state index contributed by atoms with van der Waals surface area (Å²) >= 11 is 0. The Morgan fingerprint density at radius 2 is 1.25 bits per heavy atom. The van der Waals surface area contributed by atoms with Crippen molar-refractivity contribution in [3.05, 3.63) is 131 Å². The first-order valence-corrected chi connectivity index (χ1v) is 17.2. The number of carboxylic acids is 2. The van der Waals surface area contributed by atoms with Crippen LogP contribution < -0.4 is 11.5 Å². The van der Waals surface area contributed by atoms with Crippen molar-refractivity contribution in [2.45, 2.75) is 38.9 Å². The van der Waals surface area contributed by atoms with E-state index in [1.165, 1.54) is 37.4 Å². The van der Waals surface area contributed by atoms with Crippen LogP contribution >= 0.6 is 12.4 Å². The van der Waals surface area contributed by atoms with Gasteiger partial charge in [-0.2, -0.15) is 4.98 Å². The van der Waals surface area contributed by atoms with Gasteiger partial charge in [0.2, 0.25) is 11.7 Å². The molecule has 0 aliphatic heterocycles. The van der Waals surface area contributed by atoms with E-state index in [1.807, 2.05) is 32.0 Å². The maximum Gasteiger partial charge on any atom is 0.320 e. The van der Waals surface area contributed by atoms with Crippen molar-refractivity contribution in [2.24, 2.45) is 16.6 Å². The van der Waals surface area contributed by atoms with Gasteiger partial charge in [-0.25, -0.2) is 8.78 Å². The first kappa shape index (κ1) is 50.3. The summed E-state index contributed by atoms with van der Waals surface area (Å²) in [5.74, 6) is 10.1. The molecule has 7 N–H and O–H groups in total. The summed E-state index contributed by atoms with van der Waals surface area (Å²) < 4.78 is 31.4. The Morgan fingerprint density at radius 3 is 1.61 bits per heavy atom. The van der Waals surface area contributed by atoms with Crippen molar-refractivity contribution in [3.63, 3.8) is 0 Å². The molecule has 0 spiro atoms. The van der Waals surface area contributed by atoms with E-state index >= 15 is 0 Å². The van der Waals surface area contributed by atoms with E-state index in [0.717, 1.165) is 5.56 Å². The monoisotopic (exact) mass is 833 g/mol. The number of carboxylic acid groups (broad SMARTS) is 2. The number of nitrogens with zero attached hydrogens (tertiary/aromatic N) is 7. The topological polar surface area (TPSA) is 230 Å². The van der Waals surface area contributed by atoms with Gasteiger partial charge in [0.05, 0.1) is 6.04 Å². The zero-order valence-corrected chi connectivity index (χ0v) is 34.1. The van der Waals surface area contributed by atoms with Crippen LogP contribution in [0.25, 0.3) is 11.5 Å². The molecule has 15 nitrogen and oxygen atoms in total. The van der Waals surface area contributed by atoms with Crippen LogP contribution in [0.4, 0.5) is 8.78 Å². The van der Waals surface area contributed by atoms with E-state index in [-0.39, 0.29) is 42.0 Å². The molecule has 0 bridgehead atoms. The molecule has 3 atom stereocenters. The maximum absolute atomic E-state index is 13.1. The van der Waals surface area contributed by atoms with E-state index < -0.39 is 18.0 Å². The third-order valence-electron chi connectivity index (χ3n) is 7.57. The lowest BCUT2D eigenvalue weighted by molar-refractivity contribution is -0.141. The molecular formula is C41H46ClF2N9O6. The average Bonchev–Trinajstić information content (AvgIpc) is 3.70. The molecule has 0 amide bonds. The number of rotatable bonds is 7. The van der Waals surface area contributed by atoms with Crippen LogP contribution in [-0.4, -0.2) is 103 Å². The third kappa shape index (κ3) is 18.4. The van der Waals surface area contributed by atoms with E-state index in [9.17, 15) is 18.4 Å². The molecule has 0 aliphatic rings. The standard InChI is InChI=1S/C19H17FN4O.C14H10FN3O.C5H11NO2.C3H7NO2.ClH/c1-13(24(2)3)19-22-18(23-25-19)17-10-9-15(12-21-17)8-7-14-5-4-6-16(20)11-14;15-12-3-1-2-10(8-12)4-5-11-6-7-13(17-9-11)14(16)18-19;1-4(5(7)8)6(2)3;1-2(4)3(5)6;/h4-6,9-13H,1-3H3;1-3,6-9,19H,(H2,16,18);4H,1-3H3,(H,7,8);2H,4H2,1H3,(H,5,6);1H/t;;;2-;/m...0./s1. The summed E-state index contributed by atoms with van der Waals surface area (Å²) in [6, 6.07) is 18.0. The normalized spacial score (nSPS) is 11.8. The highest BCUT2D eigenvalue weighted by Gasteiger charge is 2.17. The molecule has 5 aromatic rings. The molecule has 0 saturated heterocycles. The van der Waals surface area contributed by atoms with Crippen LogP contribution in [0.5, 0.6) is 0 Å². The van der Waals surface area contributed by atoms with Gasteiger partial charge in [0.15, 0.2) is 5.84 Å². The molecule has 3 aromatic heterocycles. The Morgan fingerprint density at radius 1 is 0.763 bits per heavy atom. The number of hydrogen-bond donors (Lipinski definition) is 5. The van der Waals surface area contributed by atoms with Crippen LogP contribution in [0.2, 0.25) is 0 Å². The molecule has 2 aromatic carbocycles.